The van der Waals surface area contributed by atoms with E-state index in [-0.39, 0.29) is 30.3 Å². The molecule has 124 valence electrons. The second-order valence-electron chi connectivity index (χ2n) is 7.60. The molecule has 2 amide bonds. The monoisotopic (exact) mass is 322 g/mol. The zero-order valence-electron chi connectivity index (χ0n) is 13.8. The van der Waals surface area contributed by atoms with E-state index in [9.17, 15) is 9.59 Å². The highest BCUT2D eigenvalue weighted by molar-refractivity contribution is 6.06. The van der Waals surface area contributed by atoms with Gasteiger partial charge < -0.3 is 5.32 Å². The van der Waals surface area contributed by atoms with E-state index in [0.717, 1.165) is 12.1 Å². The fraction of sp³-hybridized carbons (Fsp3) is 0.500. The Labute approximate surface area is 141 Å². The third kappa shape index (κ3) is 1.80. The van der Waals surface area contributed by atoms with Crippen LogP contribution < -0.4 is 5.32 Å². The summed E-state index contributed by atoms with van der Waals surface area (Å²) in [6, 6.07) is 8.08. The number of allylic oxidation sites excluding steroid dienone is 2. The van der Waals surface area contributed by atoms with E-state index in [1.807, 2.05) is 18.2 Å². The minimum atomic E-state index is -0.0977. The lowest BCUT2D eigenvalue weighted by atomic mass is 9.63. The summed E-state index contributed by atoms with van der Waals surface area (Å²) in [5.41, 5.74) is 2.22. The van der Waals surface area contributed by atoms with Crippen molar-refractivity contribution in [2.24, 2.45) is 35.5 Å². The molecular weight excluding hydrogens is 300 g/mol. The van der Waals surface area contributed by atoms with Crippen LogP contribution in [0.2, 0.25) is 0 Å². The van der Waals surface area contributed by atoms with Gasteiger partial charge in [-0.2, -0.15) is 0 Å². The van der Waals surface area contributed by atoms with Crippen molar-refractivity contribution in [3.63, 3.8) is 0 Å². The van der Waals surface area contributed by atoms with Crippen molar-refractivity contribution in [2.45, 2.75) is 19.8 Å². The highest BCUT2D eigenvalue weighted by Gasteiger charge is 2.66. The maximum Gasteiger partial charge on any atom is 0.235 e. The summed E-state index contributed by atoms with van der Waals surface area (Å²) < 4.78 is 0. The number of amides is 2. The molecule has 1 aromatic rings. The number of nitrogens with one attached hydrogen (secondary N) is 1. The molecule has 1 aliphatic heterocycles. The van der Waals surface area contributed by atoms with E-state index in [1.54, 1.807) is 0 Å². The van der Waals surface area contributed by atoms with E-state index in [0.29, 0.717) is 23.7 Å². The average molecular weight is 322 g/mol. The molecule has 6 rings (SSSR count). The summed E-state index contributed by atoms with van der Waals surface area (Å²) in [4.78, 5) is 27.3. The molecule has 0 unspecified atom stereocenters. The summed E-state index contributed by atoms with van der Waals surface area (Å²) in [6.07, 6.45) is 6.56. The van der Waals surface area contributed by atoms with Gasteiger partial charge in [-0.1, -0.05) is 37.3 Å². The Morgan fingerprint density at radius 2 is 1.67 bits per heavy atom. The molecule has 1 saturated heterocycles. The number of carbonyl (C=O) groups is 2. The number of para-hydroxylation sites is 1. The number of carbonyl (C=O) groups excluding carboxylic acids is 2. The Morgan fingerprint density at radius 1 is 1.04 bits per heavy atom. The lowest BCUT2D eigenvalue weighted by Crippen LogP contribution is -2.40. The van der Waals surface area contributed by atoms with Gasteiger partial charge in [0.15, 0.2) is 0 Å². The SMILES string of the molecule is CCc1ccccc1NCN1C(=O)[C@@H]2[C@@H]3C=C[C@H]([C@H]4C[C@H]34)[C@@H]2C1=O. The maximum atomic E-state index is 12.9. The van der Waals surface area contributed by atoms with Gasteiger partial charge in [0.05, 0.1) is 18.5 Å². The Bertz CT molecular complexity index is 720. The number of aryl methyl sites for hydroxylation is 1. The molecule has 0 radical (unpaired) electrons. The summed E-state index contributed by atoms with van der Waals surface area (Å²) >= 11 is 0. The number of likely N-dealkylation sites (tertiary alicyclic amines) is 1. The molecule has 0 spiro atoms. The molecular formula is C20H22N2O2. The van der Waals surface area contributed by atoms with Gasteiger partial charge in [0.1, 0.15) is 0 Å². The Balaban J connectivity index is 1.37. The van der Waals surface area contributed by atoms with Gasteiger partial charge in [0, 0.05) is 5.69 Å². The van der Waals surface area contributed by atoms with Gasteiger partial charge in [0.2, 0.25) is 11.8 Å². The highest BCUT2D eigenvalue weighted by atomic mass is 16.2. The molecule has 6 atom stereocenters. The molecule has 1 aromatic carbocycles. The quantitative estimate of drug-likeness (QED) is 0.685. The number of rotatable bonds is 4. The van der Waals surface area contributed by atoms with Crippen molar-refractivity contribution in [1.29, 1.82) is 0 Å². The first kappa shape index (κ1) is 14.3. The largest absolute Gasteiger partial charge is 0.367 e. The molecule has 24 heavy (non-hydrogen) atoms. The van der Waals surface area contributed by atoms with Crippen LogP contribution in [0.3, 0.4) is 0 Å². The van der Waals surface area contributed by atoms with Crippen molar-refractivity contribution in [1.82, 2.24) is 4.90 Å². The minimum absolute atomic E-state index is 0.0381. The van der Waals surface area contributed by atoms with Crippen LogP contribution in [0.1, 0.15) is 18.9 Å². The van der Waals surface area contributed by atoms with Gasteiger partial charge in [0.25, 0.3) is 0 Å². The van der Waals surface area contributed by atoms with Crippen LogP contribution in [0.25, 0.3) is 0 Å². The van der Waals surface area contributed by atoms with E-state index in [1.165, 1.54) is 16.9 Å². The number of imide groups is 1. The molecule has 2 bridgehead atoms. The van der Waals surface area contributed by atoms with Crippen LogP contribution in [0.15, 0.2) is 36.4 Å². The fourth-order valence-electron chi connectivity index (χ4n) is 5.34. The van der Waals surface area contributed by atoms with Gasteiger partial charge in [-0.05, 0) is 48.1 Å². The number of hydrogen-bond donors (Lipinski definition) is 1. The topological polar surface area (TPSA) is 49.4 Å². The van der Waals surface area contributed by atoms with Gasteiger partial charge in [-0.25, -0.2) is 0 Å². The third-order valence-corrected chi connectivity index (χ3v) is 6.58. The van der Waals surface area contributed by atoms with Gasteiger partial charge >= 0.3 is 0 Å². The van der Waals surface area contributed by atoms with Crippen molar-refractivity contribution >= 4 is 17.5 Å². The number of anilines is 1. The predicted octanol–water partition coefficient (Wildman–Crippen LogP) is 2.67. The smallest absolute Gasteiger partial charge is 0.235 e. The van der Waals surface area contributed by atoms with Crippen molar-refractivity contribution < 1.29 is 9.59 Å². The van der Waals surface area contributed by atoms with Gasteiger partial charge in [-0.15, -0.1) is 0 Å². The summed E-state index contributed by atoms with van der Waals surface area (Å²) in [7, 11) is 0. The fourth-order valence-corrected chi connectivity index (χ4v) is 5.34. The highest BCUT2D eigenvalue weighted by Crippen LogP contribution is 2.65. The third-order valence-electron chi connectivity index (χ3n) is 6.58. The van der Waals surface area contributed by atoms with E-state index in [4.69, 9.17) is 0 Å². The van der Waals surface area contributed by atoms with Crippen LogP contribution in [-0.2, 0) is 16.0 Å². The Hall–Kier alpha value is -2.10. The van der Waals surface area contributed by atoms with Crippen molar-refractivity contribution in [2.75, 3.05) is 12.0 Å². The predicted molar refractivity (Wildman–Crippen MR) is 90.9 cm³/mol. The van der Waals surface area contributed by atoms with Crippen molar-refractivity contribution in [3.05, 3.63) is 42.0 Å². The van der Waals surface area contributed by atoms with E-state index in [2.05, 4.69) is 30.5 Å². The molecule has 0 aromatic heterocycles. The first-order valence-electron chi connectivity index (χ1n) is 9.06. The van der Waals surface area contributed by atoms with Crippen LogP contribution >= 0.6 is 0 Å². The lowest BCUT2D eigenvalue weighted by molar-refractivity contribution is -0.139. The summed E-state index contributed by atoms with van der Waals surface area (Å²) in [6.45, 7) is 2.40. The second kappa shape index (κ2) is 4.95. The van der Waals surface area contributed by atoms with Gasteiger partial charge in [-0.3, -0.25) is 14.5 Å². The first-order chi connectivity index (χ1) is 11.7. The van der Waals surface area contributed by atoms with E-state index >= 15 is 0 Å². The minimum Gasteiger partial charge on any atom is -0.367 e. The second-order valence-corrected chi connectivity index (χ2v) is 7.60. The molecule has 5 aliphatic rings. The van der Waals surface area contributed by atoms with Crippen LogP contribution in [0.4, 0.5) is 5.69 Å². The maximum absolute atomic E-state index is 12.9. The number of nitrogens with zero attached hydrogens (tertiary/aromatic N) is 1. The van der Waals surface area contributed by atoms with Crippen LogP contribution in [-0.4, -0.2) is 23.4 Å². The Kier molecular flexibility index (Phi) is 2.94. The molecule has 1 heterocycles. The molecule has 1 N–H and O–H groups in total. The molecule has 3 fully saturated rings. The van der Waals surface area contributed by atoms with Crippen molar-refractivity contribution in [3.8, 4) is 0 Å². The number of benzene rings is 1. The molecule has 2 saturated carbocycles. The zero-order chi connectivity index (χ0) is 16.4. The first-order valence-corrected chi connectivity index (χ1v) is 9.06. The molecule has 4 nitrogen and oxygen atoms in total. The standard InChI is InChI=1S/C20H22N2O2/c1-2-11-5-3-4-6-16(11)21-10-22-19(23)17-12-7-8-13(15-9-14(12)15)18(17)20(22)24/h3-8,12-15,17-18,21H,2,9-10H2,1H3/t12-,13-,14-,15-,17-,18+/m1/s1. The lowest BCUT2D eigenvalue weighted by Gasteiger charge is -2.37. The number of hydrogen-bond acceptors (Lipinski definition) is 3. The normalized spacial score (nSPS) is 38.3. The summed E-state index contributed by atoms with van der Waals surface area (Å²) in [5.74, 6) is 1.80. The van der Waals surface area contributed by atoms with Crippen LogP contribution in [0.5, 0.6) is 0 Å². The zero-order valence-corrected chi connectivity index (χ0v) is 13.8. The van der Waals surface area contributed by atoms with Crippen LogP contribution in [0, 0.1) is 35.5 Å². The average Bonchev–Trinajstić information content (AvgIpc) is 3.39. The molecule has 4 aliphatic carbocycles. The Morgan fingerprint density at radius 3 is 2.29 bits per heavy atom. The summed E-state index contributed by atoms with van der Waals surface area (Å²) in [5, 5.41) is 3.31. The van der Waals surface area contributed by atoms with E-state index < -0.39 is 0 Å². The molecule has 4 heteroatoms.